The van der Waals surface area contributed by atoms with Crippen molar-refractivity contribution < 1.29 is 13.6 Å². The molecule has 0 N–H and O–H groups in total. The summed E-state index contributed by atoms with van der Waals surface area (Å²) in [6.45, 7) is 2.06. The van der Waals surface area contributed by atoms with Gasteiger partial charge < -0.3 is 8.85 Å². The van der Waals surface area contributed by atoms with Crippen molar-refractivity contribution >= 4 is 14.8 Å². The Morgan fingerprint density at radius 2 is 2.00 bits per heavy atom. The van der Waals surface area contributed by atoms with E-state index in [1.54, 1.807) is 0 Å². The molecule has 0 aliphatic carbocycles. The van der Waals surface area contributed by atoms with E-state index in [0.717, 1.165) is 12.8 Å². The lowest BCUT2D eigenvalue weighted by molar-refractivity contribution is 0.242. The Bertz CT molecular complexity index is 164. The number of isocyanates is 1. The maximum atomic E-state index is 10.1. The molecule has 0 heterocycles. The van der Waals surface area contributed by atoms with Gasteiger partial charge in [-0.1, -0.05) is 13.3 Å². The molecule has 0 spiro atoms. The van der Waals surface area contributed by atoms with Crippen molar-refractivity contribution in [1.29, 1.82) is 0 Å². The van der Waals surface area contributed by atoms with E-state index in [9.17, 15) is 4.79 Å². The van der Waals surface area contributed by atoms with Gasteiger partial charge in [0.25, 0.3) is 0 Å². The second kappa shape index (κ2) is 6.08. The smallest absolute Gasteiger partial charge is 0.380 e. The largest absolute Gasteiger partial charge is 0.488 e. The van der Waals surface area contributed by atoms with Crippen LogP contribution in [0.3, 0.4) is 0 Å². The fourth-order valence-electron chi connectivity index (χ4n) is 0.904. The SMILES string of the molecule is CCCC[Si](N=C=O)(OC)OC. The van der Waals surface area contributed by atoms with Crippen LogP contribution in [0.15, 0.2) is 4.66 Å². The third-order valence-electron chi connectivity index (χ3n) is 1.70. The first-order valence-corrected chi connectivity index (χ1v) is 5.91. The maximum absolute atomic E-state index is 10.1. The number of hydrogen-bond acceptors (Lipinski definition) is 4. The molecule has 0 atom stereocenters. The predicted molar refractivity (Wildman–Crippen MR) is 47.6 cm³/mol. The lowest BCUT2D eigenvalue weighted by atomic mass is 10.4. The topological polar surface area (TPSA) is 47.9 Å². The second-order valence-corrected chi connectivity index (χ2v) is 5.39. The van der Waals surface area contributed by atoms with Crippen molar-refractivity contribution in [1.82, 2.24) is 0 Å². The molecule has 0 unspecified atom stereocenters. The van der Waals surface area contributed by atoms with E-state index in [-0.39, 0.29) is 0 Å². The Morgan fingerprint density at radius 1 is 1.42 bits per heavy atom. The van der Waals surface area contributed by atoms with Crippen LogP contribution in [0, 0.1) is 0 Å². The first kappa shape index (κ1) is 11.5. The number of hydrogen-bond donors (Lipinski definition) is 0. The Labute approximate surface area is 73.9 Å². The van der Waals surface area contributed by atoms with Gasteiger partial charge in [0.2, 0.25) is 6.08 Å². The zero-order valence-corrected chi connectivity index (χ0v) is 8.79. The summed E-state index contributed by atoms with van der Waals surface area (Å²) in [5.41, 5.74) is 0. The van der Waals surface area contributed by atoms with Crippen molar-refractivity contribution in [2.75, 3.05) is 14.2 Å². The molecule has 0 rings (SSSR count). The molecule has 0 aliphatic rings. The summed E-state index contributed by atoms with van der Waals surface area (Å²) in [6.07, 6.45) is 3.50. The van der Waals surface area contributed by atoms with Gasteiger partial charge in [0.1, 0.15) is 0 Å². The quantitative estimate of drug-likeness (QED) is 0.360. The van der Waals surface area contributed by atoms with Gasteiger partial charge in [-0.25, -0.2) is 4.79 Å². The summed E-state index contributed by atoms with van der Waals surface area (Å²) >= 11 is 0. The van der Waals surface area contributed by atoms with Crippen LogP contribution in [-0.2, 0) is 13.6 Å². The summed E-state index contributed by atoms with van der Waals surface area (Å²) in [7, 11) is 0.477. The maximum Gasteiger partial charge on any atom is 0.488 e. The number of carbonyl (C=O) groups excluding carboxylic acids is 1. The van der Waals surface area contributed by atoms with Gasteiger partial charge in [-0.15, -0.1) is 0 Å². The fraction of sp³-hybridized carbons (Fsp3) is 0.857. The van der Waals surface area contributed by atoms with E-state index in [1.807, 2.05) is 0 Å². The second-order valence-electron chi connectivity index (χ2n) is 2.43. The van der Waals surface area contributed by atoms with E-state index < -0.39 is 8.72 Å². The molecule has 0 amide bonds. The molecule has 0 radical (unpaired) electrons. The molecule has 0 saturated heterocycles. The van der Waals surface area contributed by atoms with Crippen LogP contribution in [0.2, 0.25) is 6.04 Å². The highest BCUT2D eigenvalue weighted by molar-refractivity contribution is 6.66. The van der Waals surface area contributed by atoms with E-state index in [4.69, 9.17) is 8.85 Å². The van der Waals surface area contributed by atoms with Crippen molar-refractivity contribution in [2.24, 2.45) is 4.66 Å². The fourth-order valence-corrected chi connectivity index (χ4v) is 2.71. The molecular weight excluding hydrogens is 174 g/mol. The zero-order chi connectivity index (χ0) is 9.45. The van der Waals surface area contributed by atoms with Crippen LogP contribution in [0.5, 0.6) is 0 Å². The Hall–Kier alpha value is -0.483. The highest BCUT2D eigenvalue weighted by Gasteiger charge is 2.35. The Kier molecular flexibility index (Phi) is 5.83. The first-order valence-electron chi connectivity index (χ1n) is 3.94. The molecule has 70 valence electrons. The average molecular weight is 189 g/mol. The molecule has 0 aromatic carbocycles. The van der Waals surface area contributed by atoms with Gasteiger partial charge in [0, 0.05) is 20.3 Å². The van der Waals surface area contributed by atoms with Gasteiger partial charge in [-0.3, -0.25) is 0 Å². The molecule has 0 saturated carbocycles. The highest BCUT2D eigenvalue weighted by Crippen LogP contribution is 2.16. The van der Waals surface area contributed by atoms with Crippen molar-refractivity contribution in [3.8, 4) is 0 Å². The molecule has 0 bridgehead atoms. The Morgan fingerprint density at radius 3 is 2.33 bits per heavy atom. The molecule has 5 heteroatoms. The van der Waals surface area contributed by atoms with Crippen LogP contribution in [0.25, 0.3) is 0 Å². The lowest BCUT2D eigenvalue weighted by Crippen LogP contribution is -2.37. The lowest BCUT2D eigenvalue weighted by Gasteiger charge is -2.19. The first-order chi connectivity index (χ1) is 5.74. The minimum absolute atomic E-state index is 0.714. The van der Waals surface area contributed by atoms with Gasteiger partial charge >= 0.3 is 8.72 Å². The van der Waals surface area contributed by atoms with Crippen LogP contribution in [-0.4, -0.2) is 29.0 Å². The molecule has 0 aromatic rings. The van der Waals surface area contributed by atoms with Gasteiger partial charge in [0.15, 0.2) is 0 Å². The van der Waals surface area contributed by atoms with Gasteiger partial charge in [-0.2, -0.15) is 4.66 Å². The summed E-state index contributed by atoms with van der Waals surface area (Å²) in [6, 6.07) is 0.714. The molecule has 0 aliphatic heterocycles. The molecular formula is C7H15NO3Si. The van der Waals surface area contributed by atoms with Crippen LogP contribution in [0.4, 0.5) is 0 Å². The van der Waals surface area contributed by atoms with Crippen LogP contribution < -0.4 is 0 Å². The number of unbranched alkanes of at least 4 members (excludes halogenated alkanes) is 1. The summed E-state index contributed by atoms with van der Waals surface area (Å²) < 4.78 is 13.9. The molecule has 0 fully saturated rings. The number of nitrogens with zero attached hydrogens (tertiary/aromatic N) is 1. The minimum Gasteiger partial charge on any atom is -0.380 e. The Balaban J connectivity index is 4.24. The van der Waals surface area contributed by atoms with E-state index >= 15 is 0 Å². The van der Waals surface area contributed by atoms with Crippen molar-refractivity contribution in [2.45, 2.75) is 25.8 Å². The third kappa shape index (κ3) is 3.28. The minimum atomic E-state index is -2.56. The molecule has 0 aromatic heterocycles. The average Bonchev–Trinajstić information content (AvgIpc) is 2.13. The van der Waals surface area contributed by atoms with Crippen LogP contribution in [0.1, 0.15) is 19.8 Å². The van der Waals surface area contributed by atoms with Crippen LogP contribution >= 0.6 is 0 Å². The van der Waals surface area contributed by atoms with Gasteiger partial charge in [-0.05, 0) is 6.42 Å². The molecule has 4 nitrogen and oxygen atoms in total. The standard InChI is InChI=1S/C7H15NO3Si/c1-4-5-6-12(10-2,11-3)8-7-9/h4-6H2,1-3H3. The summed E-state index contributed by atoms with van der Waals surface area (Å²) in [5, 5.41) is 0. The normalized spacial score (nSPS) is 10.9. The van der Waals surface area contributed by atoms with E-state index in [0.29, 0.717) is 6.04 Å². The highest BCUT2D eigenvalue weighted by atomic mass is 28.4. The monoisotopic (exact) mass is 189 g/mol. The molecule has 12 heavy (non-hydrogen) atoms. The third-order valence-corrected chi connectivity index (χ3v) is 4.39. The number of rotatable bonds is 6. The van der Waals surface area contributed by atoms with E-state index in [2.05, 4.69) is 11.6 Å². The summed E-state index contributed by atoms with van der Waals surface area (Å²) in [4.78, 5) is 10.1. The van der Waals surface area contributed by atoms with Crippen molar-refractivity contribution in [3.63, 3.8) is 0 Å². The van der Waals surface area contributed by atoms with E-state index in [1.165, 1.54) is 20.3 Å². The van der Waals surface area contributed by atoms with Gasteiger partial charge in [0.05, 0.1) is 0 Å². The zero-order valence-electron chi connectivity index (χ0n) is 7.79. The predicted octanol–water partition coefficient (Wildman–Crippen LogP) is 1.35. The summed E-state index contributed by atoms with van der Waals surface area (Å²) in [5.74, 6) is 0. The van der Waals surface area contributed by atoms with Crippen molar-refractivity contribution in [3.05, 3.63) is 0 Å².